The van der Waals surface area contributed by atoms with Gasteiger partial charge in [0.2, 0.25) is 0 Å². The average Bonchev–Trinajstić information content (AvgIpc) is 2.67. The number of benzene rings is 3. The van der Waals surface area contributed by atoms with Crippen molar-refractivity contribution in [1.29, 1.82) is 0 Å². The predicted molar refractivity (Wildman–Crippen MR) is 118 cm³/mol. The maximum absolute atomic E-state index is 5.50. The zero-order valence-electron chi connectivity index (χ0n) is 14.6. The first-order valence-electron chi connectivity index (χ1n) is 8.54. The molecule has 3 aromatic rings. The molecule has 0 saturated carbocycles. The van der Waals surface area contributed by atoms with E-state index < -0.39 is 0 Å². The van der Waals surface area contributed by atoms with Crippen LogP contribution in [-0.2, 0) is 0 Å². The van der Waals surface area contributed by atoms with E-state index >= 15 is 0 Å². The third-order valence-electron chi connectivity index (χ3n) is 4.29. The van der Waals surface area contributed by atoms with Crippen molar-refractivity contribution in [2.75, 3.05) is 11.9 Å². The molecule has 26 heavy (non-hydrogen) atoms. The van der Waals surface area contributed by atoms with Crippen LogP contribution in [0.3, 0.4) is 0 Å². The molecule has 0 radical (unpaired) electrons. The van der Waals surface area contributed by atoms with Gasteiger partial charge in [-0.25, -0.2) is 0 Å². The van der Waals surface area contributed by atoms with E-state index in [1.807, 2.05) is 24.3 Å². The van der Waals surface area contributed by atoms with Crippen molar-refractivity contribution >= 4 is 38.9 Å². The van der Waals surface area contributed by atoms with Crippen LogP contribution in [0.2, 0.25) is 0 Å². The summed E-state index contributed by atoms with van der Waals surface area (Å²) in [6, 6.07) is 27.1. The van der Waals surface area contributed by atoms with E-state index in [0.717, 1.165) is 16.7 Å². The Hall–Kier alpha value is -2.17. The standard InChI is InChI=1S/C22H21BrN2S/c1-16-14-19(12-13-21(16)23)25-22(26)24-15-20(17-8-4-2-5-9-17)18-10-6-3-7-11-18/h2-14,20H,15H2,1H3,(H2,24,25,26). The van der Waals surface area contributed by atoms with Gasteiger partial charge in [0.05, 0.1) is 0 Å². The lowest BCUT2D eigenvalue weighted by Crippen LogP contribution is -2.32. The fraction of sp³-hybridized carbons (Fsp3) is 0.136. The van der Waals surface area contributed by atoms with Gasteiger partial charge in [-0.3, -0.25) is 0 Å². The molecule has 2 N–H and O–H groups in total. The zero-order valence-corrected chi connectivity index (χ0v) is 17.0. The van der Waals surface area contributed by atoms with Gasteiger partial charge < -0.3 is 10.6 Å². The Morgan fingerprint density at radius 1 is 0.923 bits per heavy atom. The molecule has 4 heteroatoms. The van der Waals surface area contributed by atoms with Crippen LogP contribution in [0.4, 0.5) is 5.69 Å². The Morgan fingerprint density at radius 2 is 1.50 bits per heavy atom. The van der Waals surface area contributed by atoms with Crippen LogP contribution in [0.5, 0.6) is 0 Å². The highest BCUT2D eigenvalue weighted by molar-refractivity contribution is 9.10. The van der Waals surface area contributed by atoms with Crippen LogP contribution in [0.1, 0.15) is 22.6 Å². The van der Waals surface area contributed by atoms with Crippen molar-refractivity contribution in [3.63, 3.8) is 0 Å². The minimum Gasteiger partial charge on any atom is -0.361 e. The largest absolute Gasteiger partial charge is 0.361 e. The monoisotopic (exact) mass is 424 g/mol. The molecule has 2 nitrogen and oxygen atoms in total. The summed E-state index contributed by atoms with van der Waals surface area (Å²) in [4.78, 5) is 0. The molecular formula is C22H21BrN2S. The Bertz CT molecular complexity index is 826. The van der Waals surface area contributed by atoms with Gasteiger partial charge in [-0.15, -0.1) is 0 Å². The lowest BCUT2D eigenvalue weighted by atomic mass is 9.91. The number of hydrogen-bond acceptors (Lipinski definition) is 1. The Labute approximate surface area is 168 Å². The maximum atomic E-state index is 5.50. The average molecular weight is 425 g/mol. The Kier molecular flexibility index (Phi) is 6.42. The number of thiocarbonyl (C=S) groups is 1. The maximum Gasteiger partial charge on any atom is 0.170 e. The molecule has 3 rings (SSSR count). The van der Waals surface area contributed by atoms with E-state index in [1.54, 1.807) is 0 Å². The van der Waals surface area contributed by atoms with Gasteiger partial charge in [0.25, 0.3) is 0 Å². The minimum atomic E-state index is 0.240. The number of rotatable bonds is 5. The summed E-state index contributed by atoms with van der Waals surface area (Å²) in [6.07, 6.45) is 0. The van der Waals surface area contributed by atoms with Crippen molar-refractivity contribution < 1.29 is 0 Å². The number of nitrogens with one attached hydrogen (secondary N) is 2. The highest BCUT2D eigenvalue weighted by Crippen LogP contribution is 2.24. The molecular weight excluding hydrogens is 404 g/mol. The molecule has 0 aliphatic heterocycles. The molecule has 0 aliphatic rings. The van der Waals surface area contributed by atoms with E-state index in [1.165, 1.54) is 16.7 Å². The molecule has 0 unspecified atom stereocenters. The highest BCUT2D eigenvalue weighted by Gasteiger charge is 2.14. The summed E-state index contributed by atoms with van der Waals surface area (Å²) in [7, 11) is 0. The molecule has 0 heterocycles. The van der Waals surface area contributed by atoms with Crippen LogP contribution in [0.15, 0.2) is 83.3 Å². The topological polar surface area (TPSA) is 24.1 Å². The Morgan fingerprint density at radius 3 is 2.04 bits per heavy atom. The van der Waals surface area contributed by atoms with Gasteiger partial charge in [0.1, 0.15) is 0 Å². The van der Waals surface area contributed by atoms with Crippen molar-refractivity contribution in [1.82, 2.24) is 5.32 Å². The summed E-state index contributed by atoms with van der Waals surface area (Å²) >= 11 is 9.02. The lowest BCUT2D eigenvalue weighted by molar-refractivity contribution is 0.761. The summed E-state index contributed by atoms with van der Waals surface area (Å²) in [5.74, 6) is 0.240. The second-order valence-corrected chi connectivity index (χ2v) is 7.44. The van der Waals surface area contributed by atoms with Crippen molar-refractivity contribution in [2.24, 2.45) is 0 Å². The number of aryl methyl sites for hydroxylation is 1. The number of hydrogen-bond donors (Lipinski definition) is 2. The third-order valence-corrected chi connectivity index (χ3v) is 5.42. The minimum absolute atomic E-state index is 0.240. The smallest absolute Gasteiger partial charge is 0.170 e. The molecule has 0 bridgehead atoms. The SMILES string of the molecule is Cc1cc(NC(=S)NCC(c2ccccc2)c2ccccc2)ccc1Br. The first-order valence-corrected chi connectivity index (χ1v) is 9.74. The van der Waals surface area contributed by atoms with Crippen molar-refractivity contribution in [2.45, 2.75) is 12.8 Å². The quantitative estimate of drug-likeness (QED) is 0.500. The van der Waals surface area contributed by atoms with E-state index in [-0.39, 0.29) is 5.92 Å². The van der Waals surface area contributed by atoms with Gasteiger partial charge >= 0.3 is 0 Å². The third kappa shape index (κ3) is 4.93. The molecule has 0 saturated heterocycles. The summed E-state index contributed by atoms with van der Waals surface area (Å²) in [5.41, 5.74) is 4.70. The second kappa shape index (κ2) is 8.97. The first kappa shape index (κ1) is 18.6. The summed E-state index contributed by atoms with van der Waals surface area (Å²) < 4.78 is 1.09. The van der Waals surface area contributed by atoms with Crippen LogP contribution >= 0.6 is 28.1 Å². The molecule has 0 fully saturated rings. The van der Waals surface area contributed by atoms with E-state index in [9.17, 15) is 0 Å². The predicted octanol–water partition coefficient (Wildman–Crippen LogP) is 5.88. The zero-order chi connectivity index (χ0) is 18.4. The van der Waals surface area contributed by atoms with Gasteiger partial charge in [0, 0.05) is 22.6 Å². The molecule has 0 amide bonds. The fourth-order valence-electron chi connectivity index (χ4n) is 2.89. The lowest BCUT2D eigenvalue weighted by Gasteiger charge is -2.20. The van der Waals surface area contributed by atoms with Crippen molar-refractivity contribution in [3.05, 3.63) is 100 Å². The van der Waals surface area contributed by atoms with E-state index in [0.29, 0.717) is 5.11 Å². The molecule has 132 valence electrons. The summed E-state index contributed by atoms with van der Waals surface area (Å²) in [6.45, 7) is 2.79. The summed E-state index contributed by atoms with van der Waals surface area (Å²) in [5, 5.41) is 7.27. The van der Waals surface area contributed by atoms with Crippen molar-refractivity contribution in [3.8, 4) is 0 Å². The Balaban J connectivity index is 1.69. The first-order chi connectivity index (χ1) is 12.6. The highest BCUT2D eigenvalue weighted by atomic mass is 79.9. The van der Waals surface area contributed by atoms with E-state index in [4.69, 9.17) is 12.2 Å². The number of halogens is 1. The fourth-order valence-corrected chi connectivity index (χ4v) is 3.34. The van der Waals surface area contributed by atoms with Crippen LogP contribution in [0, 0.1) is 6.92 Å². The van der Waals surface area contributed by atoms with Crippen LogP contribution in [0.25, 0.3) is 0 Å². The van der Waals surface area contributed by atoms with E-state index in [2.05, 4.69) is 88.1 Å². The normalized spacial score (nSPS) is 10.6. The molecule has 0 atom stereocenters. The van der Waals surface area contributed by atoms with Gasteiger partial charge in [-0.05, 0) is 54.0 Å². The molecule has 3 aromatic carbocycles. The van der Waals surface area contributed by atoms with Crippen LogP contribution in [-0.4, -0.2) is 11.7 Å². The second-order valence-electron chi connectivity index (χ2n) is 6.17. The molecule has 0 spiro atoms. The van der Waals surface area contributed by atoms with Gasteiger partial charge in [-0.1, -0.05) is 76.6 Å². The van der Waals surface area contributed by atoms with Gasteiger partial charge in [-0.2, -0.15) is 0 Å². The molecule has 0 aliphatic carbocycles. The van der Waals surface area contributed by atoms with Crippen LogP contribution < -0.4 is 10.6 Å². The van der Waals surface area contributed by atoms with Gasteiger partial charge in [0.15, 0.2) is 5.11 Å². The number of anilines is 1. The molecule has 0 aromatic heterocycles.